The Morgan fingerprint density at radius 2 is 0.845 bits per heavy atom. The zero-order valence-corrected chi connectivity index (χ0v) is 78.1. The van der Waals surface area contributed by atoms with E-state index in [1.165, 1.54) is 13.7 Å². The van der Waals surface area contributed by atoms with Crippen molar-refractivity contribution in [3.63, 3.8) is 0 Å². The van der Waals surface area contributed by atoms with Gasteiger partial charge in [0.15, 0.2) is 45.7 Å². The predicted molar refractivity (Wildman–Crippen MR) is 466 cm³/mol. The van der Waals surface area contributed by atoms with E-state index in [2.05, 4.69) is 230 Å². The molecule has 0 radical (unpaired) electrons. The molecule has 0 aliphatic carbocycles. The number of aromatic amines is 3. The Morgan fingerprint density at radius 3 is 1.19 bits per heavy atom. The van der Waals surface area contributed by atoms with Crippen molar-refractivity contribution in [1.82, 2.24) is 89.4 Å². The Balaban J connectivity index is 0.000000177. The molecule has 8 aliphatic heterocycles. The van der Waals surface area contributed by atoms with Crippen molar-refractivity contribution in [2.75, 3.05) is 72.6 Å². The molecule has 0 spiro atoms. The van der Waals surface area contributed by atoms with E-state index >= 15 is 0 Å². The molecule has 5 N–H and O–H groups in total. The van der Waals surface area contributed by atoms with Crippen LogP contribution in [0.4, 0.5) is 19.2 Å². The summed E-state index contributed by atoms with van der Waals surface area (Å²) in [5.41, 5.74) is 7.45. The first kappa shape index (κ1) is 93.5. The first-order valence-corrected chi connectivity index (χ1v) is 52.1. The fourth-order valence-electron chi connectivity index (χ4n) is 11.5. The molecule has 8 aliphatic rings. The van der Waals surface area contributed by atoms with Crippen molar-refractivity contribution in [2.24, 2.45) is 0 Å². The van der Waals surface area contributed by atoms with Crippen molar-refractivity contribution in [2.45, 2.75) is 213 Å². The highest BCUT2D eigenvalue weighted by molar-refractivity contribution is 14.1. The van der Waals surface area contributed by atoms with Gasteiger partial charge < -0.3 is 47.3 Å². The number of halogens is 1. The van der Waals surface area contributed by atoms with Crippen LogP contribution in [0, 0.1) is 0 Å². The Labute approximate surface area is 702 Å². The maximum absolute atomic E-state index is 12.4. The van der Waals surface area contributed by atoms with Gasteiger partial charge in [0.05, 0.1) is 142 Å². The molecule has 4 atom stereocenters. The summed E-state index contributed by atoms with van der Waals surface area (Å²) in [5, 5.41) is 49.4. The normalized spacial score (nSPS) is 19.2. The molecule has 6 aromatic heterocycles. The van der Waals surface area contributed by atoms with Gasteiger partial charge in [0.1, 0.15) is 0 Å². The van der Waals surface area contributed by atoms with Gasteiger partial charge in [0.25, 0.3) is 0 Å². The summed E-state index contributed by atoms with van der Waals surface area (Å²) in [5.74, 6) is 0. The number of aliphatic hydroxyl groups excluding tert-OH is 1. The van der Waals surface area contributed by atoms with Crippen molar-refractivity contribution in [3.05, 3.63) is 174 Å². The van der Waals surface area contributed by atoms with E-state index < -0.39 is 33.3 Å². The molecule has 6 aromatic rings. The van der Waals surface area contributed by atoms with Crippen LogP contribution in [0.2, 0.25) is 72.5 Å². The summed E-state index contributed by atoms with van der Waals surface area (Å²) in [7, 11) is -5.14. The third-order valence-corrected chi connectivity index (χ3v) is 41.5. The number of hydrogen-bond donors (Lipinski definition) is 4. The molecule has 8 amide bonds. The van der Waals surface area contributed by atoms with Gasteiger partial charge in [-0.1, -0.05) is 101 Å². The predicted octanol–water partition coefficient (Wildman–Crippen LogP) is 14.1. The van der Waals surface area contributed by atoms with Crippen molar-refractivity contribution in [1.29, 1.82) is 0 Å². The van der Waals surface area contributed by atoms with Crippen molar-refractivity contribution >= 4 is 97.1 Å². The van der Waals surface area contributed by atoms with Gasteiger partial charge in [0.2, 0.25) is 0 Å². The molecule has 4 unspecified atom stereocenters. The molecular formula is C80H127IN19O12Si4+. The van der Waals surface area contributed by atoms with E-state index in [0.29, 0.717) is 78.9 Å². The summed E-state index contributed by atoms with van der Waals surface area (Å²) in [6.07, 6.45) is 24.3. The van der Waals surface area contributed by atoms with Crippen molar-refractivity contribution in [3.8, 4) is 0 Å². The Bertz CT molecular complexity index is 4200. The van der Waals surface area contributed by atoms with E-state index in [1.807, 2.05) is 101 Å². The number of carbonyl (C=O) groups is 4. The monoisotopic (exact) mass is 1780 g/mol. The van der Waals surface area contributed by atoms with Crippen LogP contribution in [0.3, 0.4) is 0 Å². The molecule has 36 heteroatoms. The Morgan fingerprint density at radius 1 is 0.491 bits per heavy atom. The molecular weight excluding hydrogens is 1660 g/mol. The summed E-state index contributed by atoms with van der Waals surface area (Å²) in [6, 6.07) is 14.9. The van der Waals surface area contributed by atoms with Crippen LogP contribution >= 0.6 is 22.6 Å². The minimum Gasteiger partial charge on any atom is -0.411 e. The smallest absolute Gasteiger partial charge is 0.345 e. The minimum atomic E-state index is -1.81. The Hall–Kier alpha value is -8.00. The quantitative estimate of drug-likeness (QED) is 0.0212. The number of H-pyrrole nitrogens is 3. The van der Waals surface area contributed by atoms with E-state index in [4.69, 9.17) is 32.5 Å². The number of likely N-dealkylation sites (N-methyl/N-ethyl adjacent to an activating group) is 1. The molecule has 4 saturated heterocycles. The molecule has 0 saturated carbocycles. The second kappa shape index (κ2) is 39.7. The van der Waals surface area contributed by atoms with Gasteiger partial charge in [-0.05, 0) is 150 Å². The van der Waals surface area contributed by atoms with Crippen LogP contribution in [0.1, 0.15) is 112 Å². The van der Waals surface area contributed by atoms with Gasteiger partial charge in [-0.25, -0.2) is 38.2 Å². The number of carbonyl (C=O) groups excluding carboxylic acids is 4. The number of nitrogens with zero attached hydrogens (tertiary/aromatic N) is 16. The number of nitrogens with one attached hydrogen (secondary N) is 3. The number of amides is 8. The average molecular weight is 1790 g/mol. The average Bonchev–Trinajstić information content (AvgIpc) is 1.64. The summed E-state index contributed by atoms with van der Waals surface area (Å²) in [4.78, 5) is 70.5. The zero-order valence-electron chi connectivity index (χ0n) is 72.0. The first-order valence-electron chi connectivity index (χ1n) is 39.4. The van der Waals surface area contributed by atoms with Crippen LogP contribution in [0.5, 0.6) is 0 Å². The number of urea groups is 4. The third-order valence-electron chi connectivity index (χ3n) is 22.9. The highest BCUT2D eigenvalue weighted by Gasteiger charge is 2.46. The van der Waals surface area contributed by atoms with Crippen LogP contribution in [0.25, 0.3) is 17.1 Å². The number of aliphatic hydroxyl groups is 1. The lowest BCUT2D eigenvalue weighted by Gasteiger charge is -2.35. The topological polar surface area (TPSA) is 315 Å². The number of hydroxylamine groups is 6. The summed E-state index contributed by atoms with van der Waals surface area (Å²) < 4.78 is 31.4. The highest BCUT2D eigenvalue weighted by atomic mass is 127. The maximum Gasteiger partial charge on any atom is 0.345 e. The molecule has 0 aromatic carbocycles. The second-order valence-corrected chi connectivity index (χ2v) is 56.3. The van der Waals surface area contributed by atoms with Gasteiger partial charge in [-0.2, -0.15) is 40.7 Å². The Kier molecular flexibility index (Phi) is 32.0. The first-order chi connectivity index (χ1) is 54.3. The van der Waals surface area contributed by atoms with E-state index in [1.54, 1.807) is 54.9 Å². The van der Waals surface area contributed by atoms with E-state index in [0.717, 1.165) is 63.7 Å². The fraction of sp³-hybridized carbons (Fsp3) is 0.550. The molecule has 31 nitrogen and oxygen atoms in total. The lowest BCUT2D eigenvalue weighted by molar-refractivity contribution is -0.378. The van der Waals surface area contributed by atoms with Gasteiger partial charge >= 0.3 is 24.1 Å². The minimum absolute atomic E-state index is 0.0417. The number of fused-ring (bicyclic) bond motifs is 8. The van der Waals surface area contributed by atoms with Crippen LogP contribution in [0.15, 0.2) is 145 Å². The highest BCUT2D eigenvalue weighted by Crippen LogP contribution is 2.41. The van der Waals surface area contributed by atoms with E-state index in [9.17, 15) is 24.4 Å². The number of rotatable bonds is 22. The van der Waals surface area contributed by atoms with E-state index in [-0.39, 0.29) is 75.1 Å². The third kappa shape index (κ3) is 24.8. The largest absolute Gasteiger partial charge is 0.411 e. The second-order valence-electron chi connectivity index (χ2n) is 35.6. The van der Waals surface area contributed by atoms with Crippen LogP contribution in [-0.2, 0) is 60.4 Å². The van der Waals surface area contributed by atoms with Crippen LogP contribution < -0.4 is 4.98 Å². The summed E-state index contributed by atoms with van der Waals surface area (Å²) >= 11 is 2.25. The van der Waals surface area contributed by atoms with Gasteiger partial charge in [-0.3, -0.25) is 25.1 Å². The molecule has 14 heterocycles. The van der Waals surface area contributed by atoms with Gasteiger partial charge in [-0.15, -0.1) is 13.2 Å². The van der Waals surface area contributed by atoms with Crippen molar-refractivity contribution < 1.29 is 61.9 Å². The SMILES string of the molecule is C=CCON1C(=O)N2CC(I)=CC1C2.C=CCON1C(=O)N2CC(n3ccc(CO[Si](C)(C)C(C)(C)C)n3)=CC1C2.CC(C)(C)[Si](C)(C)OCc1ccn(C2=CC3CN(C2)C(=O)N3O)n1.CC(C)(C)[Si](C)(C)OCc1ccn[nH]1.CN1C(=O)N2CC(n3ccc(CO[Si](C)(C)C(C)(C)C)n3)=CC1C2.OCc1ccn[nH]1.c1cc[nH+]cc1. The standard InChI is InChI=1S/C19H30N4O3Si.C17H28N4O2Si.C16H26N4O3Si.C10H20N2OSi.C9H11IN2O2.C5H5N.C4H6N2O/c1-7-10-25-23-17-11-16(12-21(13-17)18(23)24)22-9-8-15(20-22)14-26-27(5,6)19(2,3)4;1-17(2,3)24(5,6)23-12-13-7-8-21(18-13)15-9-14-10-20(11-15)16(22)19(14)4;1-16(2,3)24(4,5)23-11-12-6-7-19(17-12)13-8-14-10-18(9-13)15(21)20(14)22;1-10(2,3)14(4,5)13-8-9-6-7-11-12-9;1-2-3-14-12-8-4-7(10)5-11(6-8)9(12)13;1-2-4-6-5-3-1;7-3-4-1-2-5-6-4/h7-9,11,17H,1,10,12-14H2,2-6H3;7-9,14H,10-12H2,1-6H3;6-8,14,22H,9-11H2,1-5H3;6-7H,8H2,1-5H3,(H,11,12);2,4,8H,1,3,5-6H2;1-5H;1-2,7H,3H2,(H,5,6)/p+1. The lowest BCUT2D eigenvalue weighted by atomic mass is 10.2. The number of aromatic nitrogens is 11. The molecule has 8 bridgehead atoms. The zero-order chi connectivity index (χ0) is 85.5. The van der Waals surface area contributed by atoms with Crippen LogP contribution in [-0.4, -0.2) is 254 Å². The number of pyridine rings is 1. The molecule has 4 fully saturated rings. The fourth-order valence-corrected chi connectivity index (χ4v) is 16.1. The molecule has 636 valence electrons. The molecule has 116 heavy (non-hydrogen) atoms. The molecule has 14 rings (SSSR count). The lowest BCUT2D eigenvalue weighted by Crippen LogP contribution is -2.40. The summed E-state index contributed by atoms with van der Waals surface area (Å²) in [6.45, 7) is 59.8. The number of hydrogen-bond acceptors (Lipinski definition) is 17. The maximum atomic E-state index is 12.4. The van der Waals surface area contributed by atoms with Gasteiger partial charge in [0, 0.05) is 79.9 Å².